The normalized spacial score (nSPS) is 12.0. The maximum absolute atomic E-state index is 8.88. The van der Waals surface area contributed by atoms with E-state index in [9.17, 15) is 0 Å². The summed E-state index contributed by atoms with van der Waals surface area (Å²) in [6.45, 7) is 2.63. The van der Waals surface area contributed by atoms with Gasteiger partial charge in [0, 0.05) is 13.2 Å². The van der Waals surface area contributed by atoms with Crippen LogP contribution in [0.4, 0.5) is 5.95 Å². The van der Waals surface area contributed by atoms with Gasteiger partial charge in [0.15, 0.2) is 0 Å². The second-order valence-corrected chi connectivity index (χ2v) is 3.44. The number of aromatic nitrogens is 2. The van der Waals surface area contributed by atoms with Crippen LogP contribution in [0.3, 0.4) is 0 Å². The minimum atomic E-state index is 0.119. The third kappa shape index (κ3) is 3.54. The average molecular weight is 227 g/mol. The van der Waals surface area contributed by atoms with Crippen LogP contribution in [0.1, 0.15) is 6.92 Å². The van der Waals surface area contributed by atoms with Crippen molar-refractivity contribution in [1.82, 2.24) is 9.97 Å². The maximum Gasteiger partial charge on any atom is 0.229 e. The van der Waals surface area contributed by atoms with E-state index in [1.807, 2.05) is 6.92 Å². The number of aliphatic hydroxyl groups excluding tert-OH is 1. The Bertz CT molecular complexity index is 311. The van der Waals surface area contributed by atoms with E-state index in [1.54, 1.807) is 6.07 Å². The van der Waals surface area contributed by atoms with E-state index >= 15 is 0 Å². The van der Waals surface area contributed by atoms with E-state index in [1.165, 1.54) is 14.2 Å². The molecule has 1 atom stereocenters. The van der Waals surface area contributed by atoms with Crippen LogP contribution in [-0.4, -0.2) is 42.4 Å². The molecule has 0 spiro atoms. The molecule has 0 aliphatic carbocycles. The largest absolute Gasteiger partial charge is 0.481 e. The zero-order valence-corrected chi connectivity index (χ0v) is 9.73. The number of anilines is 1. The fraction of sp³-hybridized carbons (Fsp3) is 0.600. The lowest BCUT2D eigenvalue weighted by atomic mass is 10.2. The highest BCUT2D eigenvalue weighted by Gasteiger charge is 2.06. The van der Waals surface area contributed by atoms with E-state index in [0.717, 1.165) is 0 Å². The molecule has 6 heteroatoms. The fourth-order valence-electron chi connectivity index (χ4n) is 1.02. The SMILES string of the molecule is COc1cc(OC)nc(NCC(C)CO)n1. The Morgan fingerprint density at radius 3 is 2.31 bits per heavy atom. The molecule has 1 unspecified atom stereocenters. The van der Waals surface area contributed by atoms with Crippen molar-refractivity contribution in [3.8, 4) is 11.8 Å². The highest BCUT2D eigenvalue weighted by atomic mass is 16.5. The Hall–Kier alpha value is -1.56. The third-order valence-corrected chi connectivity index (χ3v) is 2.02. The summed E-state index contributed by atoms with van der Waals surface area (Å²) < 4.78 is 10.0. The molecule has 90 valence electrons. The predicted molar refractivity (Wildman–Crippen MR) is 59.9 cm³/mol. The monoisotopic (exact) mass is 227 g/mol. The number of aliphatic hydroxyl groups is 1. The van der Waals surface area contributed by atoms with Gasteiger partial charge in [-0.05, 0) is 5.92 Å². The van der Waals surface area contributed by atoms with Crippen LogP contribution < -0.4 is 14.8 Å². The summed E-state index contributed by atoms with van der Waals surface area (Å²) in [6, 6.07) is 1.60. The zero-order valence-electron chi connectivity index (χ0n) is 9.73. The molecule has 0 amide bonds. The highest BCUT2D eigenvalue weighted by molar-refractivity contribution is 5.33. The maximum atomic E-state index is 8.88. The minimum Gasteiger partial charge on any atom is -0.481 e. The molecular weight excluding hydrogens is 210 g/mol. The van der Waals surface area contributed by atoms with Crippen molar-refractivity contribution < 1.29 is 14.6 Å². The molecule has 1 rings (SSSR count). The van der Waals surface area contributed by atoms with Gasteiger partial charge >= 0.3 is 0 Å². The van der Waals surface area contributed by atoms with E-state index in [0.29, 0.717) is 24.3 Å². The lowest BCUT2D eigenvalue weighted by Crippen LogP contribution is -2.16. The molecule has 1 aromatic rings. The van der Waals surface area contributed by atoms with Gasteiger partial charge in [-0.25, -0.2) is 0 Å². The summed E-state index contributed by atoms with van der Waals surface area (Å²) in [4.78, 5) is 8.20. The Kier molecular flexibility index (Phi) is 4.78. The van der Waals surface area contributed by atoms with Gasteiger partial charge in [0.2, 0.25) is 17.7 Å². The van der Waals surface area contributed by atoms with Crippen molar-refractivity contribution in [2.45, 2.75) is 6.92 Å². The molecule has 0 saturated carbocycles. The molecule has 16 heavy (non-hydrogen) atoms. The predicted octanol–water partition coefficient (Wildman–Crippen LogP) is 0.534. The number of hydrogen-bond acceptors (Lipinski definition) is 6. The van der Waals surface area contributed by atoms with Crippen molar-refractivity contribution in [2.24, 2.45) is 5.92 Å². The van der Waals surface area contributed by atoms with Gasteiger partial charge < -0.3 is 19.9 Å². The van der Waals surface area contributed by atoms with E-state index < -0.39 is 0 Å². The summed E-state index contributed by atoms with van der Waals surface area (Å²) in [5.74, 6) is 1.44. The summed E-state index contributed by atoms with van der Waals surface area (Å²) in [6.07, 6.45) is 0. The number of methoxy groups -OCH3 is 2. The first-order chi connectivity index (χ1) is 7.69. The van der Waals surface area contributed by atoms with Gasteiger partial charge in [-0.1, -0.05) is 6.92 Å². The Morgan fingerprint density at radius 2 is 1.88 bits per heavy atom. The van der Waals surface area contributed by atoms with Crippen LogP contribution in [0.15, 0.2) is 6.07 Å². The Labute approximate surface area is 94.6 Å². The number of rotatable bonds is 6. The zero-order chi connectivity index (χ0) is 12.0. The second-order valence-electron chi connectivity index (χ2n) is 3.44. The molecule has 2 N–H and O–H groups in total. The first-order valence-electron chi connectivity index (χ1n) is 5.01. The topological polar surface area (TPSA) is 76.5 Å². The van der Waals surface area contributed by atoms with Crippen molar-refractivity contribution in [1.29, 1.82) is 0 Å². The minimum absolute atomic E-state index is 0.119. The van der Waals surface area contributed by atoms with Crippen molar-refractivity contribution in [2.75, 3.05) is 32.7 Å². The van der Waals surface area contributed by atoms with Crippen molar-refractivity contribution in [3.05, 3.63) is 6.07 Å². The van der Waals surface area contributed by atoms with Gasteiger partial charge in [0.25, 0.3) is 0 Å². The summed E-state index contributed by atoms with van der Waals surface area (Å²) in [5.41, 5.74) is 0. The number of hydrogen-bond donors (Lipinski definition) is 2. The van der Waals surface area contributed by atoms with Gasteiger partial charge in [0.1, 0.15) is 0 Å². The molecule has 0 radical (unpaired) electrons. The molecule has 1 heterocycles. The number of ether oxygens (including phenoxy) is 2. The van der Waals surface area contributed by atoms with Crippen LogP contribution in [0.25, 0.3) is 0 Å². The summed E-state index contributed by atoms with van der Waals surface area (Å²) >= 11 is 0. The van der Waals surface area contributed by atoms with Crippen molar-refractivity contribution in [3.63, 3.8) is 0 Å². The van der Waals surface area contributed by atoms with Crippen LogP contribution in [0, 0.1) is 5.92 Å². The highest BCUT2D eigenvalue weighted by Crippen LogP contribution is 2.17. The lowest BCUT2D eigenvalue weighted by Gasteiger charge is -2.11. The van der Waals surface area contributed by atoms with Gasteiger partial charge in [0.05, 0.1) is 20.3 Å². The van der Waals surface area contributed by atoms with Crippen LogP contribution >= 0.6 is 0 Å². The van der Waals surface area contributed by atoms with E-state index in [2.05, 4.69) is 15.3 Å². The van der Waals surface area contributed by atoms with Crippen LogP contribution in [0.5, 0.6) is 11.8 Å². The molecular formula is C10H17N3O3. The third-order valence-electron chi connectivity index (χ3n) is 2.02. The average Bonchev–Trinajstić information content (AvgIpc) is 2.35. The second kappa shape index (κ2) is 6.12. The lowest BCUT2D eigenvalue weighted by molar-refractivity contribution is 0.244. The van der Waals surface area contributed by atoms with E-state index in [-0.39, 0.29) is 12.5 Å². The summed E-state index contributed by atoms with van der Waals surface area (Å²) in [7, 11) is 3.06. The molecule has 0 aliphatic heterocycles. The molecule has 1 aromatic heterocycles. The van der Waals surface area contributed by atoms with Gasteiger partial charge in [-0.3, -0.25) is 0 Å². The summed E-state index contributed by atoms with van der Waals surface area (Å²) in [5, 5.41) is 11.9. The standard InChI is InChI=1S/C10H17N3O3/c1-7(6-14)5-11-10-12-8(15-2)4-9(13-10)16-3/h4,7,14H,5-6H2,1-3H3,(H,11,12,13). The van der Waals surface area contributed by atoms with Crippen LogP contribution in [0.2, 0.25) is 0 Å². The smallest absolute Gasteiger partial charge is 0.229 e. The first kappa shape index (κ1) is 12.5. The van der Waals surface area contributed by atoms with Gasteiger partial charge in [-0.15, -0.1) is 0 Å². The Balaban J connectivity index is 2.71. The molecule has 0 aromatic carbocycles. The molecule has 0 saturated heterocycles. The first-order valence-corrected chi connectivity index (χ1v) is 5.01. The Morgan fingerprint density at radius 1 is 1.31 bits per heavy atom. The molecule has 0 fully saturated rings. The molecule has 0 bridgehead atoms. The van der Waals surface area contributed by atoms with Crippen LogP contribution in [-0.2, 0) is 0 Å². The number of nitrogens with one attached hydrogen (secondary N) is 1. The molecule has 0 aliphatic rings. The molecule has 6 nitrogen and oxygen atoms in total. The number of nitrogens with zero attached hydrogens (tertiary/aromatic N) is 2. The van der Waals surface area contributed by atoms with E-state index in [4.69, 9.17) is 14.6 Å². The van der Waals surface area contributed by atoms with Gasteiger partial charge in [-0.2, -0.15) is 9.97 Å². The fourth-order valence-corrected chi connectivity index (χ4v) is 1.02. The van der Waals surface area contributed by atoms with Crippen molar-refractivity contribution >= 4 is 5.95 Å². The quantitative estimate of drug-likeness (QED) is 0.738.